The molecule has 1 heterocycles. The van der Waals surface area contributed by atoms with E-state index < -0.39 is 0 Å². The Labute approximate surface area is 141 Å². The number of hydrogen-bond donors (Lipinski definition) is 1. The van der Waals surface area contributed by atoms with Gasteiger partial charge in [0, 0.05) is 15.4 Å². The molecule has 1 aromatic rings. The highest BCUT2D eigenvalue weighted by molar-refractivity contribution is 9.10. The van der Waals surface area contributed by atoms with Gasteiger partial charge >= 0.3 is 0 Å². The molecule has 0 spiro atoms. The summed E-state index contributed by atoms with van der Waals surface area (Å²) in [6, 6.07) is 2.90. The molecular weight excluding hydrogens is 342 g/mol. The van der Waals surface area contributed by atoms with Gasteiger partial charge in [0.15, 0.2) is 0 Å². The summed E-state index contributed by atoms with van der Waals surface area (Å²) >= 11 is 5.65. The van der Waals surface area contributed by atoms with Crippen LogP contribution < -0.4 is 5.32 Å². The molecule has 4 bridgehead atoms. The molecule has 0 amide bonds. The molecule has 4 aliphatic carbocycles. The molecule has 0 saturated heterocycles. The van der Waals surface area contributed by atoms with Crippen LogP contribution in [0.3, 0.4) is 0 Å². The van der Waals surface area contributed by atoms with Crippen LogP contribution in [0.1, 0.15) is 43.9 Å². The summed E-state index contributed by atoms with van der Waals surface area (Å²) in [5.41, 5.74) is 0. The van der Waals surface area contributed by atoms with Crippen molar-refractivity contribution >= 4 is 27.3 Å². The zero-order valence-corrected chi connectivity index (χ0v) is 15.3. The molecule has 4 saturated carbocycles. The number of thiophene rings is 1. The Hall–Kier alpha value is 0.140. The van der Waals surface area contributed by atoms with Crippen LogP contribution >= 0.6 is 27.3 Å². The van der Waals surface area contributed by atoms with Crippen LogP contribution in [-0.4, -0.2) is 12.6 Å². The lowest BCUT2D eigenvalue weighted by Gasteiger charge is -2.56. The second kappa shape index (κ2) is 5.98. The van der Waals surface area contributed by atoms with Crippen LogP contribution in [0.2, 0.25) is 0 Å². The highest BCUT2D eigenvalue weighted by Crippen LogP contribution is 2.57. The molecule has 1 unspecified atom stereocenters. The zero-order valence-electron chi connectivity index (χ0n) is 12.9. The Morgan fingerprint density at radius 2 is 1.86 bits per heavy atom. The topological polar surface area (TPSA) is 12.0 Å². The lowest BCUT2D eigenvalue weighted by Crippen LogP contribution is -2.53. The van der Waals surface area contributed by atoms with Gasteiger partial charge in [0.1, 0.15) is 0 Å². The zero-order chi connectivity index (χ0) is 14.4. The molecule has 0 aliphatic heterocycles. The van der Waals surface area contributed by atoms with Crippen molar-refractivity contribution in [3.63, 3.8) is 0 Å². The van der Waals surface area contributed by atoms with E-state index in [0.29, 0.717) is 6.04 Å². The smallest absolute Gasteiger partial charge is 0.0314 e. The Morgan fingerprint density at radius 3 is 2.38 bits per heavy atom. The van der Waals surface area contributed by atoms with E-state index in [4.69, 9.17) is 0 Å². The summed E-state index contributed by atoms with van der Waals surface area (Å²) in [7, 11) is 0. The first-order valence-electron chi connectivity index (χ1n) is 8.69. The summed E-state index contributed by atoms with van der Waals surface area (Å²) in [6.07, 6.45) is 8.91. The number of hydrogen-bond acceptors (Lipinski definition) is 2. The number of rotatable bonds is 5. The maximum atomic E-state index is 3.86. The van der Waals surface area contributed by atoms with Gasteiger partial charge in [0.05, 0.1) is 0 Å². The molecule has 4 fully saturated rings. The van der Waals surface area contributed by atoms with E-state index in [-0.39, 0.29) is 0 Å². The van der Waals surface area contributed by atoms with Crippen LogP contribution in [0.4, 0.5) is 0 Å². The molecule has 1 aromatic heterocycles. The van der Waals surface area contributed by atoms with Crippen molar-refractivity contribution < 1.29 is 0 Å². The Bertz CT molecular complexity index is 469. The molecule has 1 atom stereocenters. The molecule has 3 heteroatoms. The van der Waals surface area contributed by atoms with Crippen LogP contribution in [0, 0.1) is 29.6 Å². The van der Waals surface area contributed by atoms with Gasteiger partial charge in [-0.1, -0.05) is 6.92 Å². The first-order chi connectivity index (χ1) is 10.2. The van der Waals surface area contributed by atoms with E-state index in [9.17, 15) is 0 Å². The largest absolute Gasteiger partial charge is 0.314 e. The van der Waals surface area contributed by atoms with Gasteiger partial charge in [-0.2, -0.15) is 0 Å². The lowest BCUT2D eigenvalue weighted by molar-refractivity contribution is -0.0514. The first kappa shape index (κ1) is 14.7. The molecule has 116 valence electrons. The van der Waals surface area contributed by atoms with Gasteiger partial charge in [0.25, 0.3) is 0 Å². The van der Waals surface area contributed by atoms with Gasteiger partial charge in [-0.15, -0.1) is 11.3 Å². The fraction of sp³-hybridized carbons (Fsp3) is 0.778. The normalized spacial score (nSPS) is 38.9. The number of nitrogens with one attached hydrogen (secondary N) is 1. The Balaban J connectivity index is 1.55. The van der Waals surface area contributed by atoms with Crippen LogP contribution in [-0.2, 0) is 6.42 Å². The van der Waals surface area contributed by atoms with Gasteiger partial charge in [-0.25, -0.2) is 0 Å². The second-order valence-corrected chi connectivity index (χ2v) is 9.42. The average Bonchev–Trinajstić information content (AvgIpc) is 2.83. The van der Waals surface area contributed by atoms with Crippen molar-refractivity contribution in [2.45, 2.75) is 51.5 Å². The minimum Gasteiger partial charge on any atom is -0.314 e. The summed E-state index contributed by atoms with van der Waals surface area (Å²) in [5, 5.41) is 6.08. The monoisotopic (exact) mass is 367 g/mol. The Kier molecular flexibility index (Phi) is 4.19. The minimum absolute atomic E-state index is 0.694. The number of likely N-dealkylation sites (N-methyl/N-ethyl adjacent to an activating group) is 1. The van der Waals surface area contributed by atoms with E-state index >= 15 is 0 Å². The predicted molar refractivity (Wildman–Crippen MR) is 93.7 cm³/mol. The van der Waals surface area contributed by atoms with Crippen LogP contribution in [0.25, 0.3) is 0 Å². The standard InChI is InChI=1S/C18H26BrNS/c1-2-20-16(10-17-15(19)3-4-21-17)18-13-6-11-5-12(8-13)9-14(18)7-11/h3-4,11-14,16,18,20H,2,5-10H2,1H3. The van der Waals surface area contributed by atoms with E-state index in [1.165, 1.54) is 41.5 Å². The molecule has 0 aromatic carbocycles. The van der Waals surface area contributed by atoms with Crippen molar-refractivity contribution in [3.05, 3.63) is 20.8 Å². The molecule has 4 aliphatic rings. The van der Waals surface area contributed by atoms with Crippen molar-refractivity contribution in [3.8, 4) is 0 Å². The van der Waals surface area contributed by atoms with Crippen molar-refractivity contribution in [1.82, 2.24) is 5.32 Å². The molecule has 21 heavy (non-hydrogen) atoms. The molecular formula is C18H26BrNS. The third-order valence-corrected chi connectivity index (χ3v) is 8.28. The van der Waals surface area contributed by atoms with Gasteiger partial charge < -0.3 is 5.32 Å². The SMILES string of the molecule is CCNC(Cc1sccc1Br)C1C2CC3CC(C2)CC1C3. The fourth-order valence-corrected chi connectivity index (χ4v) is 7.48. The fourth-order valence-electron chi connectivity index (χ4n) is 5.90. The summed E-state index contributed by atoms with van der Waals surface area (Å²) < 4.78 is 1.32. The first-order valence-corrected chi connectivity index (χ1v) is 10.4. The molecule has 5 rings (SSSR count). The molecule has 1 N–H and O–H groups in total. The molecule has 0 radical (unpaired) electrons. The van der Waals surface area contributed by atoms with Crippen LogP contribution in [0.15, 0.2) is 15.9 Å². The summed E-state index contributed by atoms with van der Waals surface area (Å²) in [6.45, 7) is 3.38. The van der Waals surface area contributed by atoms with Gasteiger partial charge in [-0.05, 0) is 102 Å². The van der Waals surface area contributed by atoms with Crippen molar-refractivity contribution in [2.24, 2.45) is 29.6 Å². The van der Waals surface area contributed by atoms with Crippen LogP contribution in [0.5, 0.6) is 0 Å². The van der Waals surface area contributed by atoms with Gasteiger partial charge in [0.2, 0.25) is 0 Å². The lowest BCUT2D eigenvalue weighted by atomic mass is 9.50. The minimum atomic E-state index is 0.694. The Morgan fingerprint density at radius 1 is 1.19 bits per heavy atom. The van der Waals surface area contributed by atoms with Gasteiger partial charge in [-0.3, -0.25) is 0 Å². The van der Waals surface area contributed by atoms with Crippen molar-refractivity contribution in [1.29, 1.82) is 0 Å². The van der Waals surface area contributed by atoms with E-state index in [1.807, 2.05) is 11.3 Å². The highest BCUT2D eigenvalue weighted by atomic mass is 79.9. The average molecular weight is 368 g/mol. The maximum Gasteiger partial charge on any atom is 0.0314 e. The predicted octanol–water partition coefficient (Wildman–Crippen LogP) is 5.10. The van der Waals surface area contributed by atoms with Crippen molar-refractivity contribution in [2.75, 3.05) is 6.54 Å². The third-order valence-electron chi connectivity index (χ3n) is 6.33. The summed E-state index contributed by atoms with van der Waals surface area (Å²) in [4.78, 5) is 1.54. The maximum absolute atomic E-state index is 3.86. The van der Waals surface area contributed by atoms with E-state index in [2.05, 4.69) is 39.6 Å². The highest BCUT2D eigenvalue weighted by Gasteiger charge is 2.50. The number of halogens is 1. The summed E-state index contributed by atoms with van der Waals surface area (Å²) in [5.74, 6) is 5.14. The van der Waals surface area contributed by atoms with E-state index in [0.717, 1.165) is 36.1 Å². The second-order valence-electron chi connectivity index (χ2n) is 7.57. The molecule has 1 nitrogen and oxygen atoms in total. The quantitative estimate of drug-likeness (QED) is 0.762. The van der Waals surface area contributed by atoms with E-state index in [1.54, 1.807) is 6.42 Å². The third kappa shape index (κ3) is 2.74.